The summed E-state index contributed by atoms with van der Waals surface area (Å²) in [6.07, 6.45) is 7.11. The number of anilines is 1. The smallest absolute Gasteiger partial charge is 0.225 e. The SMILES string of the molecule is O=C(NCc1ccnc(N2CCCCC2)n1)C1CCOCC1. The van der Waals surface area contributed by atoms with Crippen molar-refractivity contribution >= 4 is 11.9 Å². The van der Waals surface area contributed by atoms with E-state index in [2.05, 4.69) is 20.2 Å². The van der Waals surface area contributed by atoms with E-state index in [4.69, 9.17) is 4.74 Å². The lowest BCUT2D eigenvalue weighted by Gasteiger charge is -2.26. The molecular weight excluding hydrogens is 280 g/mol. The van der Waals surface area contributed by atoms with Gasteiger partial charge in [0.1, 0.15) is 0 Å². The first-order valence-electron chi connectivity index (χ1n) is 8.25. The Balaban J connectivity index is 1.54. The molecule has 1 N–H and O–H groups in total. The highest BCUT2D eigenvalue weighted by Gasteiger charge is 2.21. The third-order valence-corrected chi connectivity index (χ3v) is 4.38. The van der Waals surface area contributed by atoms with E-state index >= 15 is 0 Å². The van der Waals surface area contributed by atoms with Crippen LogP contribution in [-0.4, -0.2) is 42.2 Å². The summed E-state index contributed by atoms with van der Waals surface area (Å²) in [5, 5.41) is 3.00. The van der Waals surface area contributed by atoms with E-state index in [0.29, 0.717) is 19.8 Å². The van der Waals surface area contributed by atoms with Crippen LogP contribution in [0.3, 0.4) is 0 Å². The number of amides is 1. The largest absolute Gasteiger partial charge is 0.381 e. The molecule has 6 nitrogen and oxygen atoms in total. The monoisotopic (exact) mass is 304 g/mol. The topological polar surface area (TPSA) is 67.4 Å². The van der Waals surface area contributed by atoms with E-state index in [9.17, 15) is 4.79 Å². The van der Waals surface area contributed by atoms with Crippen LogP contribution in [0.5, 0.6) is 0 Å². The third kappa shape index (κ3) is 3.94. The summed E-state index contributed by atoms with van der Waals surface area (Å²) in [6.45, 7) is 3.89. The van der Waals surface area contributed by atoms with Crippen LogP contribution in [0.4, 0.5) is 5.95 Å². The second-order valence-electron chi connectivity index (χ2n) is 6.00. The molecule has 2 fully saturated rings. The van der Waals surface area contributed by atoms with Crippen molar-refractivity contribution in [2.24, 2.45) is 5.92 Å². The summed E-state index contributed by atoms with van der Waals surface area (Å²) < 4.78 is 5.29. The maximum atomic E-state index is 12.1. The molecule has 3 heterocycles. The van der Waals surface area contributed by atoms with E-state index in [1.165, 1.54) is 19.3 Å². The Morgan fingerprint density at radius 3 is 2.82 bits per heavy atom. The molecule has 2 aliphatic heterocycles. The van der Waals surface area contributed by atoms with Gasteiger partial charge >= 0.3 is 0 Å². The molecule has 1 amide bonds. The number of rotatable bonds is 4. The van der Waals surface area contributed by atoms with Crippen LogP contribution in [0.2, 0.25) is 0 Å². The maximum Gasteiger partial charge on any atom is 0.225 e. The van der Waals surface area contributed by atoms with Gasteiger partial charge in [0.25, 0.3) is 0 Å². The molecule has 0 bridgehead atoms. The molecule has 0 saturated carbocycles. The van der Waals surface area contributed by atoms with Crippen LogP contribution in [0.15, 0.2) is 12.3 Å². The molecule has 0 unspecified atom stereocenters. The van der Waals surface area contributed by atoms with Crippen molar-refractivity contribution in [2.45, 2.75) is 38.6 Å². The first kappa shape index (κ1) is 15.2. The Morgan fingerprint density at radius 1 is 1.27 bits per heavy atom. The van der Waals surface area contributed by atoms with Gasteiger partial charge in [-0.15, -0.1) is 0 Å². The number of aromatic nitrogens is 2. The van der Waals surface area contributed by atoms with Crippen molar-refractivity contribution in [3.8, 4) is 0 Å². The van der Waals surface area contributed by atoms with Crippen LogP contribution in [0.1, 0.15) is 37.8 Å². The predicted octanol–water partition coefficient (Wildman–Crippen LogP) is 1.51. The number of carbonyl (C=O) groups is 1. The normalized spacial score (nSPS) is 19.9. The summed E-state index contributed by atoms with van der Waals surface area (Å²) in [4.78, 5) is 23.3. The number of nitrogens with zero attached hydrogens (tertiary/aromatic N) is 3. The van der Waals surface area contributed by atoms with E-state index < -0.39 is 0 Å². The average Bonchev–Trinajstić information content (AvgIpc) is 2.61. The summed E-state index contributed by atoms with van der Waals surface area (Å²) in [6, 6.07) is 1.87. The van der Waals surface area contributed by atoms with E-state index in [-0.39, 0.29) is 11.8 Å². The summed E-state index contributed by atoms with van der Waals surface area (Å²) >= 11 is 0. The van der Waals surface area contributed by atoms with Crippen LogP contribution >= 0.6 is 0 Å². The zero-order valence-electron chi connectivity index (χ0n) is 13.0. The highest BCUT2D eigenvalue weighted by molar-refractivity contribution is 5.78. The summed E-state index contributed by atoms with van der Waals surface area (Å²) in [7, 11) is 0. The van der Waals surface area contributed by atoms with Crippen molar-refractivity contribution < 1.29 is 9.53 Å². The van der Waals surface area contributed by atoms with Gasteiger partial charge in [0.15, 0.2) is 0 Å². The van der Waals surface area contributed by atoms with Crippen LogP contribution in [0.25, 0.3) is 0 Å². The van der Waals surface area contributed by atoms with Gasteiger partial charge in [0.2, 0.25) is 11.9 Å². The Hall–Kier alpha value is -1.69. The highest BCUT2D eigenvalue weighted by Crippen LogP contribution is 2.16. The fraction of sp³-hybridized carbons (Fsp3) is 0.688. The lowest BCUT2D eigenvalue weighted by atomic mass is 9.99. The second-order valence-corrected chi connectivity index (χ2v) is 6.00. The number of piperidine rings is 1. The molecule has 3 rings (SSSR count). The van der Waals surface area contributed by atoms with Crippen LogP contribution in [-0.2, 0) is 16.1 Å². The molecule has 120 valence electrons. The van der Waals surface area contributed by atoms with Gasteiger partial charge in [0, 0.05) is 38.4 Å². The van der Waals surface area contributed by atoms with Crippen molar-refractivity contribution in [2.75, 3.05) is 31.2 Å². The summed E-state index contributed by atoms with van der Waals surface area (Å²) in [5.74, 6) is 0.983. The molecule has 22 heavy (non-hydrogen) atoms. The molecule has 2 saturated heterocycles. The predicted molar refractivity (Wildman–Crippen MR) is 83.5 cm³/mol. The minimum atomic E-state index is 0.0807. The zero-order chi connectivity index (χ0) is 15.2. The van der Waals surface area contributed by atoms with Gasteiger partial charge in [-0.25, -0.2) is 9.97 Å². The molecule has 1 aromatic heterocycles. The standard InChI is InChI=1S/C16H24N4O2/c21-15(13-5-10-22-11-6-13)18-12-14-4-7-17-16(19-14)20-8-2-1-3-9-20/h4,7,13H,1-3,5-6,8-12H2,(H,18,21). The lowest BCUT2D eigenvalue weighted by Crippen LogP contribution is -2.34. The molecule has 6 heteroatoms. The average molecular weight is 304 g/mol. The number of nitrogens with one attached hydrogen (secondary N) is 1. The zero-order valence-corrected chi connectivity index (χ0v) is 13.0. The second kappa shape index (κ2) is 7.54. The number of carbonyl (C=O) groups excluding carboxylic acids is 1. The van der Waals surface area contributed by atoms with Crippen molar-refractivity contribution in [1.29, 1.82) is 0 Å². The van der Waals surface area contributed by atoms with E-state index in [0.717, 1.165) is 37.6 Å². The first-order valence-corrected chi connectivity index (χ1v) is 8.25. The van der Waals surface area contributed by atoms with Crippen LogP contribution in [0, 0.1) is 5.92 Å². The van der Waals surface area contributed by atoms with Crippen molar-refractivity contribution in [3.05, 3.63) is 18.0 Å². The first-order chi connectivity index (χ1) is 10.8. The van der Waals surface area contributed by atoms with Crippen molar-refractivity contribution in [1.82, 2.24) is 15.3 Å². The highest BCUT2D eigenvalue weighted by atomic mass is 16.5. The number of hydrogen-bond donors (Lipinski definition) is 1. The molecule has 1 aromatic rings. The molecule has 0 aromatic carbocycles. The van der Waals surface area contributed by atoms with Crippen LogP contribution < -0.4 is 10.2 Å². The Bertz CT molecular complexity index is 497. The fourth-order valence-electron chi connectivity index (χ4n) is 3.01. The van der Waals surface area contributed by atoms with Gasteiger partial charge in [0.05, 0.1) is 12.2 Å². The lowest BCUT2D eigenvalue weighted by molar-refractivity contribution is -0.128. The third-order valence-electron chi connectivity index (χ3n) is 4.38. The van der Waals surface area contributed by atoms with Gasteiger partial charge < -0.3 is 15.0 Å². The number of hydrogen-bond acceptors (Lipinski definition) is 5. The quantitative estimate of drug-likeness (QED) is 0.913. The molecule has 0 radical (unpaired) electrons. The van der Waals surface area contributed by atoms with Gasteiger partial charge in [-0.05, 0) is 38.2 Å². The number of ether oxygens (including phenoxy) is 1. The molecule has 0 spiro atoms. The minimum Gasteiger partial charge on any atom is -0.381 e. The van der Waals surface area contributed by atoms with Gasteiger partial charge in [-0.2, -0.15) is 0 Å². The Labute approximate surface area is 131 Å². The minimum absolute atomic E-state index is 0.0807. The maximum absolute atomic E-state index is 12.1. The molecular formula is C16H24N4O2. The molecule has 0 atom stereocenters. The van der Waals surface area contributed by atoms with Gasteiger partial charge in [-0.1, -0.05) is 0 Å². The Morgan fingerprint density at radius 2 is 2.05 bits per heavy atom. The summed E-state index contributed by atoms with van der Waals surface area (Å²) in [5.41, 5.74) is 0.871. The van der Waals surface area contributed by atoms with E-state index in [1.807, 2.05) is 6.07 Å². The van der Waals surface area contributed by atoms with Crippen molar-refractivity contribution in [3.63, 3.8) is 0 Å². The van der Waals surface area contributed by atoms with E-state index in [1.54, 1.807) is 6.20 Å². The molecule has 0 aliphatic carbocycles. The molecule has 2 aliphatic rings. The fourth-order valence-corrected chi connectivity index (χ4v) is 3.01. The van der Waals surface area contributed by atoms with Gasteiger partial charge in [-0.3, -0.25) is 4.79 Å². The Kier molecular flexibility index (Phi) is 5.21.